The lowest BCUT2D eigenvalue weighted by Gasteiger charge is -2.22. The normalized spacial score (nSPS) is 17.7. The Hall–Kier alpha value is -0.660. The van der Waals surface area contributed by atoms with Crippen molar-refractivity contribution in [1.29, 1.82) is 0 Å². The van der Waals surface area contributed by atoms with E-state index >= 15 is 0 Å². The van der Waals surface area contributed by atoms with Gasteiger partial charge in [0.15, 0.2) is 0 Å². The van der Waals surface area contributed by atoms with Crippen molar-refractivity contribution in [3.8, 4) is 5.88 Å². The number of nitrogens with zero attached hydrogens (tertiary/aromatic N) is 2. The molecular weight excluding hydrogens is 284 g/mol. The summed E-state index contributed by atoms with van der Waals surface area (Å²) in [5, 5.41) is 1.98. The van der Waals surface area contributed by atoms with Gasteiger partial charge in [-0.1, -0.05) is 0 Å². The third-order valence-electron chi connectivity index (χ3n) is 3.37. The van der Waals surface area contributed by atoms with Crippen LogP contribution in [0.25, 0.3) is 0 Å². The van der Waals surface area contributed by atoms with E-state index in [2.05, 4.69) is 9.27 Å². The lowest BCUT2D eigenvalue weighted by atomic mass is 10.1. The molecule has 5 nitrogen and oxygen atoms in total. The minimum absolute atomic E-state index is 0.0288. The topological polar surface area (TPSA) is 59.5 Å². The zero-order chi connectivity index (χ0) is 14.1. The van der Waals surface area contributed by atoms with Crippen molar-refractivity contribution in [2.45, 2.75) is 19.4 Å². The van der Waals surface area contributed by atoms with Crippen LogP contribution < -0.4 is 4.74 Å². The largest absolute Gasteiger partial charge is 0.480 e. The Bertz CT molecular complexity index is 535. The number of aromatic nitrogens is 1. The van der Waals surface area contributed by atoms with Gasteiger partial charge in [0.2, 0.25) is 5.88 Å². The number of sulfone groups is 1. The summed E-state index contributed by atoms with van der Waals surface area (Å²) in [6.45, 7) is 1.55. The molecule has 0 spiro atoms. The Morgan fingerprint density at radius 2 is 2.21 bits per heavy atom. The zero-order valence-corrected chi connectivity index (χ0v) is 13.2. The molecule has 7 heteroatoms. The first-order valence-corrected chi connectivity index (χ1v) is 9.07. The molecule has 2 rings (SSSR count). The molecule has 19 heavy (non-hydrogen) atoms. The first-order chi connectivity index (χ1) is 8.84. The molecule has 0 amide bonds. The molecule has 0 radical (unpaired) electrons. The van der Waals surface area contributed by atoms with Crippen LogP contribution in [0.3, 0.4) is 0 Å². The fourth-order valence-electron chi connectivity index (χ4n) is 2.52. The maximum Gasteiger partial charge on any atom is 0.229 e. The smallest absolute Gasteiger partial charge is 0.229 e. The summed E-state index contributed by atoms with van der Waals surface area (Å²) >= 11 is 1.38. The molecule has 1 saturated carbocycles. The minimum Gasteiger partial charge on any atom is -0.480 e. The van der Waals surface area contributed by atoms with Gasteiger partial charge in [-0.3, -0.25) is 0 Å². The van der Waals surface area contributed by atoms with Crippen molar-refractivity contribution < 1.29 is 13.2 Å². The fraction of sp³-hybridized carbons (Fsp3) is 0.750. The lowest BCUT2D eigenvalue weighted by molar-refractivity contribution is 0.264. The van der Waals surface area contributed by atoms with Crippen LogP contribution >= 0.6 is 11.5 Å². The molecule has 1 aromatic rings. The summed E-state index contributed by atoms with van der Waals surface area (Å²) in [4.78, 5) is 2.16. The highest BCUT2D eigenvalue weighted by Crippen LogP contribution is 2.47. The highest BCUT2D eigenvalue weighted by Gasteiger charge is 2.45. The van der Waals surface area contributed by atoms with Gasteiger partial charge in [-0.2, -0.15) is 4.37 Å². The Morgan fingerprint density at radius 1 is 1.53 bits per heavy atom. The molecule has 108 valence electrons. The van der Waals surface area contributed by atoms with Gasteiger partial charge < -0.3 is 9.64 Å². The first-order valence-electron chi connectivity index (χ1n) is 6.17. The Balaban J connectivity index is 1.93. The van der Waals surface area contributed by atoms with E-state index in [1.54, 1.807) is 7.11 Å². The standard InChI is InChI=1S/C12H20N2O3S2/c1-14(6-10-7-18-13-11(10)17-2)8-12(4-5-12)9-19(3,15)16/h7H,4-6,8-9H2,1-3H3. The fourth-order valence-corrected chi connectivity index (χ4v) is 4.66. The molecule has 0 aromatic carbocycles. The van der Waals surface area contributed by atoms with Crippen LogP contribution in [0.1, 0.15) is 18.4 Å². The second-order valence-corrected chi connectivity index (χ2v) is 8.36. The summed E-state index contributed by atoms with van der Waals surface area (Å²) in [6.07, 6.45) is 3.33. The SMILES string of the molecule is COc1nscc1CN(C)CC1(CS(C)(=O)=O)CC1. The molecule has 0 bridgehead atoms. The van der Waals surface area contributed by atoms with Crippen molar-refractivity contribution in [3.63, 3.8) is 0 Å². The molecule has 0 aliphatic heterocycles. The average molecular weight is 304 g/mol. The molecule has 1 aliphatic carbocycles. The quantitative estimate of drug-likeness (QED) is 0.762. The van der Waals surface area contributed by atoms with Crippen molar-refractivity contribution in [1.82, 2.24) is 9.27 Å². The van der Waals surface area contributed by atoms with Crippen molar-refractivity contribution in [2.24, 2.45) is 5.41 Å². The Labute approximate surface area is 118 Å². The number of hydrogen-bond donors (Lipinski definition) is 0. The van der Waals surface area contributed by atoms with Crippen LogP contribution in [-0.2, 0) is 16.4 Å². The molecular formula is C12H20N2O3S2. The minimum atomic E-state index is -2.90. The van der Waals surface area contributed by atoms with Gasteiger partial charge in [0.25, 0.3) is 0 Å². The number of methoxy groups -OCH3 is 1. The summed E-state index contributed by atoms with van der Waals surface area (Å²) in [5.74, 6) is 0.966. The molecule has 0 atom stereocenters. The van der Waals surface area contributed by atoms with Gasteiger partial charge in [-0.05, 0) is 36.8 Å². The number of hydrogen-bond acceptors (Lipinski definition) is 6. The Kier molecular flexibility index (Phi) is 4.17. The number of ether oxygens (including phenoxy) is 1. The highest BCUT2D eigenvalue weighted by atomic mass is 32.2. The van der Waals surface area contributed by atoms with Crippen LogP contribution in [0.2, 0.25) is 0 Å². The summed E-state index contributed by atoms with van der Waals surface area (Å²) < 4.78 is 32.2. The number of rotatable bonds is 7. The first kappa shape index (κ1) is 14.7. The summed E-state index contributed by atoms with van der Waals surface area (Å²) in [7, 11) is 0.728. The molecule has 1 fully saturated rings. The Morgan fingerprint density at radius 3 is 2.74 bits per heavy atom. The third kappa shape index (κ3) is 4.15. The molecule has 1 heterocycles. The maximum atomic E-state index is 11.4. The van der Waals surface area contributed by atoms with Crippen molar-refractivity contribution >= 4 is 21.4 Å². The molecule has 0 saturated heterocycles. The predicted molar refractivity (Wildman–Crippen MR) is 76.4 cm³/mol. The molecule has 1 aromatic heterocycles. The van der Waals surface area contributed by atoms with Gasteiger partial charge in [0, 0.05) is 30.3 Å². The van der Waals surface area contributed by atoms with Crippen LogP contribution in [0, 0.1) is 5.41 Å². The van der Waals surface area contributed by atoms with Crippen LogP contribution in [0.15, 0.2) is 5.38 Å². The summed E-state index contributed by atoms with van der Waals surface area (Å²) in [6, 6.07) is 0. The third-order valence-corrected chi connectivity index (χ3v) is 5.17. The van der Waals surface area contributed by atoms with E-state index < -0.39 is 9.84 Å². The van der Waals surface area contributed by atoms with Gasteiger partial charge in [0.05, 0.1) is 12.9 Å². The molecule has 1 aliphatic rings. The van der Waals surface area contributed by atoms with E-state index in [0.717, 1.165) is 31.5 Å². The summed E-state index contributed by atoms with van der Waals surface area (Å²) in [5.41, 5.74) is 1.03. The van der Waals surface area contributed by atoms with E-state index in [0.29, 0.717) is 11.6 Å². The predicted octanol–water partition coefficient (Wildman–Crippen LogP) is 1.41. The average Bonchev–Trinajstić information content (AvgIpc) is 2.86. The van der Waals surface area contributed by atoms with Gasteiger partial charge in [0.1, 0.15) is 9.84 Å². The van der Waals surface area contributed by atoms with Gasteiger partial charge in [-0.25, -0.2) is 8.42 Å². The van der Waals surface area contributed by atoms with E-state index in [1.807, 2.05) is 12.4 Å². The van der Waals surface area contributed by atoms with E-state index in [1.165, 1.54) is 17.8 Å². The second kappa shape index (κ2) is 5.38. The second-order valence-electron chi connectivity index (χ2n) is 5.59. The van der Waals surface area contributed by atoms with Gasteiger partial charge in [-0.15, -0.1) is 0 Å². The molecule has 0 N–H and O–H groups in total. The van der Waals surface area contributed by atoms with Crippen molar-refractivity contribution in [2.75, 3.05) is 32.7 Å². The maximum absolute atomic E-state index is 11.4. The van der Waals surface area contributed by atoms with Crippen molar-refractivity contribution in [3.05, 3.63) is 10.9 Å². The van der Waals surface area contributed by atoms with Crippen LogP contribution in [0.5, 0.6) is 5.88 Å². The van der Waals surface area contributed by atoms with Crippen LogP contribution in [0.4, 0.5) is 0 Å². The van der Waals surface area contributed by atoms with E-state index in [4.69, 9.17) is 4.74 Å². The monoisotopic (exact) mass is 304 g/mol. The van der Waals surface area contributed by atoms with E-state index in [9.17, 15) is 8.42 Å². The van der Waals surface area contributed by atoms with Crippen LogP contribution in [-0.4, -0.2) is 50.4 Å². The molecule has 0 unspecified atom stereocenters. The highest BCUT2D eigenvalue weighted by molar-refractivity contribution is 7.90. The zero-order valence-electron chi connectivity index (χ0n) is 11.5. The lowest BCUT2D eigenvalue weighted by Crippen LogP contribution is -2.30. The van der Waals surface area contributed by atoms with Gasteiger partial charge >= 0.3 is 0 Å². The van der Waals surface area contributed by atoms with E-state index in [-0.39, 0.29) is 5.41 Å².